The van der Waals surface area contributed by atoms with Crippen molar-refractivity contribution >= 4 is 52.3 Å². The lowest BCUT2D eigenvalue weighted by atomic mass is 10.0. The fraction of sp³-hybridized carbons (Fsp3) is 0.196. The Morgan fingerprint density at radius 2 is 1.08 bits per heavy atom. The molecule has 0 saturated heterocycles. The molecular weight excluding hydrogens is 910 g/mol. The number of ketones is 2. The molecule has 71 heavy (non-hydrogen) atoms. The number of fused-ring (bicyclic) bond motifs is 4. The molecule has 2 aromatic carbocycles. The number of halogens is 1. The molecule has 10 rings (SSSR count). The van der Waals surface area contributed by atoms with Crippen molar-refractivity contribution in [3.63, 3.8) is 0 Å². The number of hydrogen-bond donors (Lipinski definition) is 4. The minimum atomic E-state index is -0.638. The first kappa shape index (κ1) is 46.7. The highest BCUT2D eigenvalue weighted by Gasteiger charge is 2.29. The molecule has 4 N–H and O–H groups in total. The molecule has 19 nitrogen and oxygen atoms in total. The van der Waals surface area contributed by atoms with Crippen LogP contribution in [0.4, 0.5) is 10.2 Å². The molecule has 8 aromatic rings. The van der Waals surface area contributed by atoms with E-state index < -0.39 is 23.7 Å². The predicted octanol–water partition coefficient (Wildman–Crippen LogP) is 6.04. The van der Waals surface area contributed by atoms with Gasteiger partial charge in [0.1, 0.15) is 29.0 Å². The van der Waals surface area contributed by atoms with Gasteiger partial charge in [-0.1, -0.05) is 30.8 Å². The minimum absolute atomic E-state index is 0.00184. The number of pyridine rings is 2. The third kappa shape index (κ3) is 10.2. The number of aryl methyl sites for hydroxylation is 2. The summed E-state index contributed by atoms with van der Waals surface area (Å²) in [7, 11) is 0. The molecule has 2 aliphatic carbocycles. The average Bonchev–Trinajstić information content (AvgIpc) is 4.22. The van der Waals surface area contributed by atoms with E-state index in [-0.39, 0.29) is 71.2 Å². The smallest absolute Gasteiger partial charge is 0.270 e. The third-order valence-corrected chi connectivity index (χ3v) is 12.1. The van der Waals surface area contributed by atoms with Crippen molar-refractivity contribution in [1.29, 1.82) is 0 Å². The van der Waals surface area contributed by atoms with Gasteiger partial charge in [-0.25, -0.2) is 24.0 Å². The van der Waals surface area contributed by atoms with E-state index in [0.717, 1.165) is 40.7 Å². The van der Waals surface area contributed by atoms with Crippen molar-refractivity contribution in [2.24, 2.45) is 0 Å². The van der Waals surface area contributed by atoms with E-state index in [1.807, 2.05) is 24.3 Å². The van der Waals surface area contributed by atoms with Crippen molar-refractivity contribution in [3.05, 3.63) is 194 Å². The topological polar surface area (TPSA) is 241 Å². The van der Waals surface area contributed by atoms with Crippen LogP contribution < -0.4 is 21.3 Å². The van der Waals surface area contributed by atoms with Crippen LogP contribution in [0, 0.1) is 12.5 Å². The summed E-state index contributed by atoms with van der Waals surface area (Å²) < 4.78 is 16.1. The van der Waals surface area contributed by atoms with Gasteiger partial charge in [-0.15, -0.1) is 4.98 Å². The number of amides is 4. The van der Waals surface area contributed by atoms with Gasteiger partial charge in [0.15, 0.2) is 22.9 Å². The molecule has 0 aliphatic heterocycles. The van der Waals surface area contributed by atoms with Crippen LogP contribution in [0.1, 0.15) is 135 Å². The molecular formula is C51H42FN13O6. The lowest BCUT2D eigenvalue weighted by Gasteiger charge is -2.15. The number of benzene rings is 2. The molecule has 354 valence electrons. The van der Waals surface area contributed by atoms with E-state index in [9.17, 15) is 33.2 Å². The van der Waals surface area contributed by atoms with Crippen molar-refractivity contribution in [2.45, 2.75) is 64.7 Å². The summed E-state index contributed by atoms with van der Waals surface area (Å²) in [5.41, 5.74) is 7.76. The largest absolute Gasteiger partial charge is 0.361 e. The SMILES string of the molecule is CC(=O)c1ccc2c(c1)CC[C@@H]2NC(=O)c1cc(C(=O)NCc2ccnc(F)c2)nc2ccnn12.[C-]#[N+]c1cc(CNC(=O)c2cc(C(=O)N[C@H]3CCc4cc(C(C)=O)ccc43)n3nccc3n2)ccn1. The van der Waals surface area contributed by atoms with Gasteiger partial charge in [-0.3, -0.25) is 28.8 Å². The number of rotatable bonds is 12. The standard InChI is InChI=1S/C26H21N7O3.C25H21FN6O3/c1-15(34)17-3-5-19-18(12-17)4-6-20(19)32-26(36)22-13-21(31-24-8-10-30-33(22)24)25(35)29-14-16-7-9-28-23(11-16)27-2;1-14(33)16-2-4-18-17(11-16)3-5-19(18)31-25(35)21-12-20(30-23-7-9-29-32(21)23)24(34)28-13-15-6-8-27-22(26)10-15/h3,5,7-13,20H,4,6,14H2,1H3,(H,29,35)(H,32,36);2,4,6-12,19H,3,5,13H2,1H3,(H,28,34)(H,31,35)/t20-;19-/m00/s1. The Kier molecular flexibility index (Phi) is 13.2. The quantitative estimate of drug-likeness (QED) is 0.0623. The second kappa shape index (κ2) is 20.1. The van der Waals surface area contributed by atoms with E-state index in [1.54, 1.807) is 42.5 Å². The van der Waals surface area contributed by atoms with Gasteiger partial charge in [0.2, 0.25) is 5.95 Å². The predicted molar refractivity (Wildman–Crippen MR) is 253 cm³/mol. The Labute approximate surface area is 403 Å². The first-order chi connectivity index (χ1) is 34.3. The summed E-state index contributed by atoms with van der Waals surface area (Å²) >= 11 is 0. The van der Waals surface area contributed by atoms with Crippen LogP contribution in [0.5, 0.6) is 0 Å². The first-order valence-electron chi connectivity index (χ1n) is 22.4. The zero-order valence-electron chi connectivity index (χ0n) is 38.1. The lowest BCUT2D eigenvalue weighted by molar-refractivity contribution is 0.0916. The number of Topliss-reactive ketones (excluding diaryl/α,β-unsaturated/α-hetero) is 2. The summed E-state index contributed by atoms with van der Waals surface area (Å²) in [5, 5.41) is 19.9. The van der Waals surface area contributed by atoms with Gasteiger partial charge in [0.25, 0.3) is 29.4 Å². The molecule has 0 spiro atoms. The Morgan fingerprint density at radius 3 is 1.55 bits per heavy atom. The monoisotopic (exact) mass is 951 g/mol. The third-order valence-electron chi connectivity index (χ3n) is 12.1. The van der Waals surface area contributed by atoms with Crippen LogP contribution in [0.3, 0.4) is 0 Å². The number of carbonyl (C=O) groups is 6. The molecule has 0 unspecified atom stereocenters. The van der Waals surface area contributed by atoms with Crippen LogP contribution in [-0.2, 0) is 25.9 Å². The molecule has 0 saturated carbocycles. The van der Waals surface area contributed by atoms with Gasteiger partial charge < -0.3 is 26.1 Å². The highest BCUT2D eigenvalue weighted by Crippen LogP contribution is 2.33. The number of carbonyl (C=O) groups excluding carboxylic acids is 6. The maximum atomic E-state index is 13.3. The highest BCUT2D eigenvalue weighted by atomic mass is 19.1. The number of nitrogens with one attached hydrogen (secondary N) is 4. The maximum Gasteiger partial charge on any atom is 0.270 e. The maximum absolute atomic E-state index is 13.3. The number of hydrogen-bond acceptors (Lipinski definition) is 12. The van der Waals surface area contributed by atoms with Gasteiger partial charge in [0.05, 0.1) is 24.5 Å². The van der Waals surface area contributed by atoms with Crippen molar-refractivity contribution < 1.29 is 33.2 Å². The average molecular weight is 952 g/mol. The molecule has 2 atom stereocenters. The zero-order chi connectivity index (χ0) is 49.8. The van der Waals surface area contributed by atoms with Gasteiger partial charge in [-0.05, 0) is 109 Å². The fourth-order valence-electron chi connectivity index (χ4n) is 8.55. The van der Waals surface area contributed by atoms with Crippen LogP contribution in [-0.4, -0.2) is 74.4 Å². The molecule has 0 fully saturated rings. The van der Waals surface area contributed by atoms with E-state index in [2.05, 4.69) is 56.2 Å². The second-order valence-electron chi connectivity index (χ2n) is 16.8. The van der Waals surface area contributed by atoms with Crippen LogP contribution in [0.25, 0.3) is 16.1 Å². The van der Waals surface area contributed by atoms with Crippen molar-refractivity contribution in [2.75, 3.05) is 0 Å². The van der Waals surface area contributed by atoms with E-state index in [4.69, 9.17) is 6.57 Å². The Morgan fingerprint density at radius 1 is 0.606 bits per heavy atom. The molecule has 4 amide bonds. The summed E-state index contributed by atoms with van der Waals surface area (Å²) in [4.78, 5) is 94.9. The van der Waals surface area contributed by atoms with Crippen LogP contribution in [0.15, 0.2) is 110 Å². The van der Waals surface area contributed by atoms with Gasteiger partial charge in [-0.2, -0.15) is 14.6 Å². The number of nitrogens with zero attached hydrogens (tertiary/aromatic N) is 9. The molecule has 20 heteroatoms. The van der Waals surface area contributed by atoms with Gasteiger partial charge in [0, 0.05) is 54.7 Å². The highest BCUT2D eigenvalue weighted by molar-refractivity contribution is 6.00. The Bertz CT molecular complexity index is 3510. The molecule has 6 aromatic heterocycles. The summed E-state index contributed by atoms with van der Waals surface area (Å²) in [6, 6.07) is 22.8. The second-order valence-corrected chi connectivity index (χ2v) is 16.8. The van der Waals surface area contributed by atoms with E-state index in [0.29, 0.717) is 40.8 Å². The molecule has 0 radical (unpaired) electrons. The Balaban J connectivity index is 0.000000176. The summed E-state index contributed by atoms with van der Waals surface area (Å²) in [6.45, 7) is 10.4. The van der Waals surface area contributed by atoms with Crippen LogP contribution >= 0.6 is 0 Å². The summed E-state index contributed by atoms with van der Waals surface area (Å²) in [6.07, 6.45) is 8.75. The zero-order valence-corrected chi connectivity index (χ0v) is 38.1. The van der Waals surface area contributed by atoms with Crippen LogP contribution in [0.2, 0.25) is 0 Å². The lowest BCUT2D eigenvalue weighted by Crippen LogP contribution is -2.30. The minimum Gasteiger partial charge on any atom is -0.361 e. The molecule has 6 heterocycles. The van der Waals surface area contributed by atoms with Gasteiger partial charge >= 0.3 is 0 Å². The van der Waals surface area contributed by atoms with Crippen molar-refractivity contribution in [1.82, 2.24) is 60.4 Å². The molecule has 0 bridgehead atoms. The normalized spacial score (nSPS) is 14.3. The number of aromatic nitrogens is 8. The van der Waals surface area contributed by atoms with E-state index >= 15 is 0 Å². The Hall–Kier alpha value is -9.38. The van der Waals surface area contributed by atoms with Crippen molar-refractivity contribution in [3.8, 4) is 0 Å². The fourth-order valence-corrected chi connectivity index (χ4v) is 8.55. The molecule has 2 aliphatic rings. The summed E-state index contributed by atoms with van der Waals surface area (Å²) in [5.74, 6) is -2.15. The first-order valence-corrected chi connectivity index (χ1v) is 22.4. The van der Waals surface area contributed by atoms with E-state index in [1.165, 1.54) is 65.9 Å².